The maximum atomic E-state index is 12.4. The number of hydrogen-bond acceptors (Lipinski definition) is 4. The van der Waals surface area contributed by atoms with Crippen LogP contribution in [0.25, 0.3) is 11.1 Å². The van der Waals surface area contributed by atoms with Gasteiger partial charge < -0.3 is 14.5 Å². The second kappa shape index (κ2) is 6.74. The van der Waals surface area contributed by atoms with E-state index in [1.54, 1.807) is 19.2 Å². The average molecular weight is 324 g/mol. The molecule has 1 amide bonds. The van der Waals surface area contributed by atoms with E-state index in [1.807, 2.05) is 44.2 Å². The Hall–Kier alpha value is -2.82. The maximum Gasteiger partial charge on any atom is 0.251 e. The highest BCUT2D eigenvalue weighted by molar-refractivity contribution is 5.97. The van der Waals surface area contributed by atoms with Crippen LogP contribution < -0.4 is 10.1 Å². The predicted octanol–water partition coefficient (Wildman–Crippen LogP) is 3.89. The molecular weight excluding hydrogens is 304 g/mol. The van der Waals surface area contributed by atoms with Gasteiger partial charge in [0.2, 0.25) is 0 Å². The molecule has 5 heteroatoms. The monoisotopic (exact) mass is 324 g/mol. The number of methoxy groups -OCH3 is 1. The van der Waals surface area contributed by atoms with E-state index in [9.17, 15) is 4.79 Å². The quantitative estimate of drug-likeness (QED) is 0.773. The molecule has 0 aliphatic rings. The lowest BCUT2D eigenvalue weighted by Gasteiger charge is -2.07. The highest BCUT2D eigenvalue weighted by atomic mass is 16.5. The molecule has 0 bridgehead atoms. The van der Waals surface area contributed by atoms with Crippen molar-refractivity contribution < 1.29 is 13.9 Å². The zero-order chi connectivity index (χ0) is 17.1. The summed E-state index contributed by atoms with van der Waals surface area (Å²) in [5.41, 5.74) is 2.93. The lowest BCUT2D eigenvalue weighted by atomic mass is 10.1. The van der Waals surface area contributed by atoms with Gasteiger partial charge in [0.15, 0.2) is 11.5 Å². The lowest BCUT2D eigenvalue weighted by molar-refractivity contribution is 0.0951. The molecule has 24 heavy (non-hydrogen) atoms. The number of rotatable bonds is 5. The molecule has 1 N–H and O–H groups in total. The van der Waals surface area contributed by atoms with Crippen LogP contribution in [0.15, 0.2) is 46.9 Å². The molecule has 1 aromatic heterocycles. The first-order valence-corrected chi connectivity index (χ1v) is 7.88. The fraction of sp³-hybridized carbons (Fsp3) is 0.263. The number of oxazole rings is 1. The van der Waals surface area contributed by atoms with Gasteiger partial charge >= 0.3 is 0 Å². The number of ether oxygens (including phenoxy) is 1. The van der Waals surface area contributed by atoms with Gasteiger partial charge in [0.1, 0.15) is 11.3 Å². The van der Waals surface area contributed by atoms with E-state index in [-0.39, 0.29) is 11.8 Å². The average Bonchev–Trinajstić information content (AvgIpc) is 3.03. The molecule has 3 rings (SSSR count). The van der Waals surface area contributed by atoms with Gasteiger partial charge in [0, 0.05) is 18.0 Å². The third-order valence-corrected chi connectivity index (χ3v) is 3.75. The van der Waals surface area contributed by atoms with Gasteiger partial charge in [-0.05, 0) is 35.9 Å². The van der Waals surface area contributed by atoms with Gasteiger partial charge in [-0.2, -0.15) is 0 Å². The Morgan fingerprint density at radius 3 is 2.83 bits per heavy atom. The summed E-state index contributed by atoms with van der Waals surface area (Å²) in [5, 5.41) is 2.90. The van der Waals surface area contributed by atoms with Crippen molar-refractivity contribution in [3.8, 4) is 5.75 Å². The summed E-state index contributed by atoms with van der Waals surface area (Å²) in [4.78, 5) is 16.8. The summed E-state index contributed by atoms with van der Waals surface area (Å²) in [6, 6.07) is 12.9. The Kier molecular flexibility index (Phi) is 4.51. The summed E-state index contributed by atoms with van der Waals surface area (Å²) in [6.07, 6.45) is 0. The highest BCUT2D eigenvalue weighted by Gasteiger charge is 2.12. The van der Waals surface area contributed by atoms with E-state index in [0.29, 0.717) is 23.6 Å². The van der Waals surface area contributed by atoms with Crippen LogP contribution in [0.1, 0.15) is 41.6 Å². The van der Waals surface area contributed by atoms with Crippen molar-refractivity contribution in [3.63, 3.8) is 0 Å². The third-order valence-electron chi connectivity index (χ3n) is 3.75. The van der Waals surface area contributed by atoms with Gasteiger partial charge in [0.25, 0.3) is 5.91 Å². The van der Waals surface area contributed by atoms with Gasteiger partial charge in [-0.3, -0.25) is 4.79 Å². The summed E-state index contributed by atoms with van der Waals surface area (Å²) in [6.45, 7) is 4.47. The highest BCUT2D eigenvalue weighted by Crippen LogP contribution is 2.22. The molecule has 2 aromatic carbocycles. The summed E-state index contributed by atoms with van der Waals surface area (Å²) >= 11 is 0. The van der Waals surface area contributed by atoms with E-state index < -0.39 is 0 Å². The zero-order valence-electron chi connectivity index (χ0n) is 14.0. The molecule has 0 unspecified atom stereocenters. The number of aromatic nitrogens is 1. The molecule has 0 saturated heterocycles. The van der Waals surface area contributed by atoms with Gasteiger partial charge in [0.05, 0.1) is 7.11 Å². The van der Waals surface area contributed by atoms with Gasteiger partial charge in [-0.25, -0.2) is 4.98 Å². The number of hydrogen-bond donors (Lipinski definition) is 1. The predicted molar refractivity (Wildman–Crippen MR) is 92.3 cm³/mol. The van der Waals surface area contributed by atoms with Crippen molar-refractivity contribution in [2.75, 3.05) is 7.11 Å². The Bertz CT molecular complexity index is 868. The van der Waals surface area contributed by atoms with E-state index in [4.69, 9.17) is 9.15 Å². The standard InChI is InChI=1S/C19H20N2O3/c1-12(2)19-21-16-8-7-14(10-17(16)24-19)18(22)20-11-13-5-4-6-15(9-13)23-3/h4-10,12H,11H2,1-3H3,(H,20,22). The van der Waals surface area contributed by atoms with Gasteiger partial charge in [-0.15, -0.1) is 0 Å². The minimum Gasteiger partial charge on any atom is -0.497 e. The van der Waals surface area contributed by atoms with Crippen molar-refractivity contribution in [1.82, 2.24) is 10.3 Å². The molecule has 0 aliphatic carbocycles. The van der Waals surface area contributed by atoms with Crippen LogP contribution >= 0.6 is 0 Å². The maximum absolute atomic E-state index is 12.4. The SMILES string of the molecule is COc1cccc(CNC(=O)c2ccc3nc(C(C)C)oc3c2)c1. The first-order valence-electron chi connectivity index (χ1n) is 7.88. The molecule has 0 radical (unpaired) electrons. The summed E-state index contributed by atoms with van der Waals surface area (Å²) in [7, 11) is 1.62. The van der Waals surface area contributed by atoms with Crippen LogP contribution in [0.2, 0.25) is 0 Å². The molecule has 3 aromatic rings. The largest absolute Gasteiger partial charge is 0.497 e. The summed E-state index contributed by atoms with van der Waals surface area (Å²) < 4.78 is 10.9. The number of amides is 1. The molecular formula is C19H20N2O3. The molecule has 124 valence electrons. The molecule has 0 atom stereocenters. The van der Waals surface area contributed by atoms with Crippen LogP contribution in [-0.2, 0) is 6.54 Å². The van der Waals surface area contributed by atoms with Crippen LogP contribution in [0, 0.1) is 0 Å². The topological polar surface area (TPSA) is 64.4 Å². The van der Waals surface area contributed by atoms with Crippen LogP contribution in [0.4, 0.5) is 0 Å². The molecule has 0 spiro atoms. The van der Waals surface area contributed by atoms with E-state index in [2.05, 4.69) is 10.3 Å². The molecule has 0 saturated carbocycles. The smallest absolute Gasteiger partial charge is 0.251 e. The minimum atomic E-state index is -0.151. The zero-order valence-corrected chi connectivity index (χ0v) is 14.0. The van der Waals surface area contributed by atoms with Crippen molar-refractivity contribution in [3.05, 3.63) is 59.5 Å². The van der Waals surface area contributed by atoms with Crippen LogP contribution in [0.3, 0.4) is 0 Å². The Morgan fingerprint density at radius 1 is 1.25 bits per heavy atom. The number of nitrogens with one attached hydrogen (secondary N) is 1. The van der Waals surface area contributed by atoms with Crippen LogP contribution in [0.5, 0.6) is 5.75 Å². The number of carbonyl (C=O) groups is 1. The first-order chi connectivity index (χ1) is 11.6. The Labute approximate surface area is 140 Å². The van der Waals surface area contributed by atoms with Crippen molar-refractivity contribution in [1.29, 1.82) is 0 Å². The normalized spacial score (nSPS) is 11.0. The van der Waals surface area contributed by atoms with Crippen molar-refractivity contribution >= 4 is 17.0 Å². The number of fused-ring (bicyclic) bond motifs is 1. The number of nitrogens with zero attached hydrogens (tertiary/aromatic N) is 1. The second-order valence-corrected chi connectivity index (χ2v) is 5.92. The fourth-order valence-corrected chi connectivity index (χ4v) is 2.40. The molecule has 5 nitrogen and oxygen atoms in total. The summed E-state index contributed by atoms with van der Waals surface area (Å²) in [5.74, 6) is 1.51. The van der Waals surface area contributed by atoms with E-state index in [1.165, 1.54) is 0 Å². The molecule has 0 fully saturated rings. The molecule has 0 aliphatic heterocycles. The number of benzene rings is 2. The Morgan fingerprint density at radius 2 is 2.08 bits per heavy atom. The second-order valence-electron chi connectivity index (χ2n) is 5.92. The van der Waals surface area contributed by atoms with Crippen molar-refractivity contribution in [2.24, 2.45) is 0 Å². The van der Waals surface area contributed by atoms with Crippen LogP contribution in [-0.4, -0.2) is 18.0 Å². The number of carbonyl (C=O) groups excluding carboxylic acids is 1. The fourth-order valence-electron chi connectivity index (χ4n) is 2.40. The molecule has 1 heterocycles. The first kappa shape index (κ1) is 16.1. The Balaban J connectivity index is 1.73. The van der Waals surface area contributed by atoms with Crippen molar-refractivity contribution in [2.45, 2.75) is 26.3 Å². The minimum absolute atomic E-state index is 0.151. The third kappa shape index (κ3) is 3.40. The van der Waals surface area contributed by atoms with E-state index >= 15 is 0 Å². The van der Waals surface area contributed by atoms with Gasteiger partial charge in [-0.1, -0.05) is 26.0 Å². The van der Waals surface area contributed by atoms with E-state index in [0.717, 1.165) is 16.8 Å². The lowest BCUT2D eigenvalue weighted by Crippen LogP contribution is -2.22.